The van der Waals surface area contributed by atoms with Crippen molar-refractivity contribution in [3.63, 3.8) is 0 Å². The fourth-order valence-electron chi connectivity index (χ4n) is 3.73. The smallest absolute Gasteiger partial charge is 0.300 e. The number of carbonyl (C=O) groups excluding carboxylic acids is 2. The number of nitrogens with zero attached hydrogens (tertiary/aromatic N) is 6. The molecule has 0 bridgehead atoms. The maximum atomic E-state index is 12.9. The molecule has 0 aromatic carbocycles. The van der Waals surface area contributed by atoms with Crippen LogP contribution < -0.4 is 14.7 Å². The number of rotatable bonds is 2. The number of carbonyl (C=O) groups is 3. The standard InChI is InChI=1S/C19H24N6O2S.C2H4O2/c1-11-8-20-19(21-16(11)22(2)3)25-7-6-12-13(9-25)28-18-15(12)17(27)23(4)10-14(26)24(18)5;1-2(3)4/h8H,6-7,9-10H2,1-5H3;1H3,(H,3,4). The van der Waals surface area contributed by atoms with Crippen LogP contribution in [0.1, 0.15) is 33.3 Å². The zero-order valence-corrected chi connectivity index (χ0v) is 20.0. The van der Waals surface area contributed by atoms with Gasteiger partial charge in [0.15, 0.2) is 0 Å². The van der Waals surface area contributed by atoms with Crippen molar-refractivity contribution in [1.82, 2.24) is 14.9 Å². The molecular weight excluding hydrogens is 432 g/mol. The number of likely N-dealkylation sites (N-methyl/N-ethyl adjacent to an activating group) is 2. The molecule has 0 aliphatic carbocycles. The van der Waals surface area contributed by atoms with E-state index in [1.807, 2.05) is 32.1 Å². The summed E-state index contributed by atoms with van der Waals surface area (Å²) < 4.78 is 0. The summed E-state index contributed by atoms with van der Waals surface area (Å²) in [6.07, 6.45) is 2.58. The fraction of sp³-hybridized carbons (Fsp3) is 0.476. The first-order valence-electron chi connectivity index (χ1n) is 10.1. The van der Waals surface area contributed by atoms with E-state index in [-0.39, 0.29) is 18.4 Å². The first-order chi connectivity index (χ1) is 15.0. The Balaban J connectivity index is 0.000000668. The van der Waals surface area contributed by atoms with Crippen LogP contribution in [0.4, 0.5) is 16.8 Å². The predicted octanol–water partition coefficient (Wildman–Crippen LogP) is 1.61. The van der Waals surface area contributed by atoms with Gasteiger partial charge in [-0.3, -0.25) is 14.4 Å². The third-order valence-electron chi connectivity index (χ3n) is 5.29. The van der Waals surface area contributed by atoms with Crippen LogP contribution in [0, 0.1) is 6.92 Å². The number of hydrogen-bond acceptors (Lipinski definition) is 8. The number of fused-ring (bicyclic) bond motifs is 3. The zero-order chi connectivity index (χ0) is 23.7. The second kappa shape index (κ2) is 9.11. The Kier molecular flexibility index (Phi) is 6.68. The van der Waals surface area contributed by atoms with E-state index in [4.69, 9.17) is 14.9 Å². The fourth-order valence-corrected chi connectivity index (χ4v) is 5.06. The zero-order valence-electron chi connectivity index (χ0n) is 19.2. The van der Waals surface area contributed by atoms with Gasteiger partial charge in [-0.15, -0.1) is 11.3 Å². The monoisotopic (exact) mass is 460 g/mol. The lowest BCUT2D eigenvalue weighted by atomic mass is 10.0. The number of aromatic nitrogens is 2. The average molecular weight is 461 g/mol. The second-order valence-corrected chi connectivity index (χ2v) is 9.14. The Hall–Kier alpha value is -3.21. The molecule has 2 amide bonds. The van der Waals surface area contributed by atoms with E-state index in [0.29, 0.717) is 18.1 Å². The molecule has 4 heterocycles. The SMILES string of the molecule is CC(=O)O.Cc1cnc(N2CCc3c(sc4c3C(=O)N(C)CC(=O)N4C)C2)nc1N(C)C. The molecule has 0 radical (unpaired) electrons. The number of carboxylic acid groups (broad SMARTS) is 1. The van der Waals surface area contributed by atoms with Crippen molar-refractivity contribution in [2.24, 2.45) is 0 Å². The minimum Gasteiger partial charge on any atom is -0.481 e. The van der Waals surface area contributed by atoms with Crippen LogP contribution >= 0.6 is 11.3 Å². The van der Waals surface area contributed by atoms with E-state index >= 15 is 0 Å². The molecule has 10 nitrogen and oxygen atoms in total. The van der Waals surface area contributed by atoms with Gasteiger partial charge in [0.05, 0.1) is 12.1 Å². The van der Waals surface area contributed by atoms with Crippen LogP contribution in [-0.2, 0) is 22.6 Å². The molecular formula is C21H28N6O4S. The number of amides is 2. The summed E-state index contributed by atoms with van der Waals surface area (Å²) in [7, 11) is 7.38. The Morgan fingerprint density at radius 2 is 1.88 bits per heavy atom. The van der Waals surface area contributed by atoms with Crippen LogP contribution in [0.3, 0.4) is 0 Å². The summed E-state index contributed by atoms with van der Waals surface area (Å²) in [6.45, 7) is 4.57. The van der Waals surface area contributed by atoms with Gasteiger partial charge in [-0.25, -0.2) is 4.98 Å². The summed E-state index contributed by atoms with van der Waals surface area (Å²) in [5, 5.41) is 8.17. The van der Waals surface area contributed by atoms with E-state index < -0.39 is 5.97 Å². The Morgan fingerprint density at radius 1 is 1.22 bits per heavy atom. The van der Waals surface area contributed by atoms with E-state index in [2.05, 4.69) is 9.88 Å². The number of anilines is 3. The minimum atomic E-state index is -0.833. The lowest BCUT2D eigenvalue weighted by Gasteiger charge is -2.28. The van der Waals surface area contributed by atoms with Gasteiger partial charge in [-0.2, -0.15) is 4.98 Å². The molecule has 2 aliphatic rings. The molecule has 0 saturated heterocycles. The molecule has 0 spiro atoms. The quantitative estimate of drug-likeness (QED) is 0.720. The summed E-state index contributed by atoms with van der Waals surface area (Å²) in [5.74, 6) is 0.624. The maximum absolute atomic E-state index is 12.9. The van der Waals surface area contributed by atoms with Crippen molar-refractivity contribution in [3.05, 3.63) is 27.8 Å². The normalized spacial score (nSPS) is 15.5. The van der Waals surface area contributed by atoms with Gasteiger partial charge in [-0.1, -0.05) is 0 Å². The molecule has 0 saturated carbocycles. The lowest BCUT2D eigenvalue weighted by molar-refractivity contribution is -0.134. The maximum Gasteiger partial charge on any atom is 0.300 e. The first kappa shape index (κ1) is 23.5. The third kappa shape index (κ3) is 4.52. The topological polar surface area (TPSA) is 110 Å². The number of aryl methyl sites for hydroxylation is 1. The van der Waals surface area contributed by atoms with Crippen molar-refractivity contribution < 1.29 is 19.5 Å². The minimum absolute atomic E-state index is 0.0671. The van der Waals surface area contributed by atoms with E-state index in [9.17, 15) is 9.59 Å². The molecule has 1 N–H and O–H groups in total. The summed E-state index contributed by atoms with van der Waals surface area (Å²) in [4.78, 5) is 51.9. The van der Waals surface area contributed by atoms with E-state index in [0.717, 1.165) is 46.7 Å². The highest BCUT2D eigenvalue weighted by atomic mass is 32.1. The van der Waals surface area contributed by atoms with Gasteiger partial charge in [0, 0.05) is 58.3 Å². The summed E-state index contributed by atoms with van der Waals surface area (Å²) in [5.41, 5.74) is 2.78. The molecule has 2 aromatic rings. The predicted molar refractivity (Wildman–Crippen MR) is 124 cm³/mol. The number of carboxylic acids is 1. The van der Waals surface area contributed by atoms with Gasteiger partial charge in [0.25, 0.3) is 11.9 Å². The molecule has 11 heteroatoms. The number of hydrogen-bond donors (Lipinski definition) is 1. The summed E-state index contributed by atoms with van der Waals surface area (Å²) in [6, 6.07) is 0. The molecule has 172 valence electrons. The van der Waals surface area contributed by atoms with Crippen molar-refractivity contribution in [1.29, 1.82) is 0 Å². The summed E-state index contributed by atoms with van der Waals surface area (Å²) >= 11 is 1.53. The average Bonchev–Trinajstić information content (AvgIpc) is 3.07. The second-order valence-electron chi connectivity index (χ2n) is 8.06. The molecule has 32 heavy (non-hydrogen) atoms. The first-order valence-corrected chi connectivity index (χ1v) is 10.9. The highest BCUT2D eigenvalue weighted by Crippen LogP contribution is 2.41. The number of thiophene rings is 1. The molecule has 2 aromatic heterocycles. The van der Waals surface area contributed by atoms with Gasteiger partial charge >= 0.3 is 0 Å². The Labute approximate surface area is 191 Å². The molecule has 0 atom stereocenters. The van der Waals surface area contributed by atoms with Crippen LogP contribution in [-0.4, -0.2) is 79.0 Å². The van der Waals surface area contributed by atoms with Crippen LogP contribution in [0.2, 0.25) is 0 Å². The van der Waals surface area contributed by atoms with Crippen molar-refractivity contribution >= 4 is 45.9 Å². The highest BCUT2D eigenvalue weighted by Gasteiger charge is 2.35. The Bertz CT molecular complexity index is 1060. The lowest BCUT2D eigenvalue weighted by Crippen LogP contribution is -2.36. The molecule has 4 rings (SSSR count). The highest BCUT2D eigenvalue weighted by molar-refractivity contribution is 7.17. The Morgan fingerprint density at radius 3 is 2.50 bits per heavy atom. The molecule has 0 fully saturated rings. The van der Waals surface area contributed by atoms with Crippen LogP contribution in [0.5, 0.6) is 0 Å². The molecule has 2 aliphatic heterocycles. The largest absolute Gasteiger partial charge is 0.481 e. The van der Waals surface area contributed by atoms with Gasteiger partial charge < -0.3 is 24.7 Å². The third-order valence-corrected chi connectivity index (χ3v) is 6.58. The van der Waals surface area contributed by atoms with Crippen molar-refractivity contribution in [2.45, 2.75) is 26.8 Å². The van der Waals surface area contributed by atoms with Crippen molar-refractivity contribution in [3.8, 4) is 0 Å². The van der Waals surface area contributed by atoms with Gasteiger partial charge in [-0.05, 0) is 18.9 Å². The van der Waals surface area contributed by atoms with Gasteiger partial charge in [0.1, 0.15) is 17.4 Å². The van der Waals surface area contributed by atoms with Crippen molar-refractivity contribution in [2.75, 3.05) is 56.0 Å². The number of aliphatic carboxylic acids is 1. The van der Waals surface area contributed by atoms with E-state index in [1.54, 1.807) is 19.0 Å². The van der Waals surface area contributed by atoms with Crippen LogP contribution in [0.15, 0.2) is 6.20 Å². The molecule has 0 unspecified atom stereocenters. The van der Waals surface area contributed by atoms with Gasteiger partial charge in [0.2, 0.25) is 11.9 Å². The van der Waals surface area contributed by atoms with Crippen LogP contribution in [0.25, 0.3) is 0 Å². The van der Waals surface area contributed by atoms with E-state index in [1.165, 1.54) is 16.2 Å².